The Bertz CT molecular complexity index is 1360. The zero-order chi connectivity index (χ0) is 21.7. The molecule has 0 spiro atoms. The summed E-state index contributed by atoms with van der Waals surface area (Å²) in [5.74, 6) is 0.392. The van der Waals surface area contributed by atoms with Crippen molar-refractivity contribution >= 4 is 28.1 Å². The number of allylic oxidation sites excluding steroid dienone is 1. The number of anilines is 2. The lowest BCUT2D eigenvalue weighted by molar-refractivity contribution is -0.116. The minimum Gasteiger partial charge on any atom is -0.372 e. The fourth-order valence-corrected chi connectivity index (χ4v) is 5.13. The highest BCUT2D eigenvalue weighted by molar-refractivity contribution is 6.02. The Hall–Kier alpha value is -3.79. The smallest absolute Gasteiger partial charge is 0.163 e. The third-order valence-electron chi connectivity index (χ3n) is 6.79. The molecule has 0 fully saturated rings. The number of H-pyrrole nitrogens is 1. The predicted octanol–water partition coefficient (Wildman–Crippen LogP) is 6.46. The van der Waals surface area contributed by atoms with Gasteiger partial charge in [-0.05, 0) is 43.0 Å². The zero-order valence-electron chi connectivity index (χ0n) is 18.0. The van der Waals surface area contributed by atoms with Gasteiger partial charge in [0.1, 0.15) is 0 Å². The average molecular weight is 420 g/mol. The lowest BCUT2D eigenvalue weighted by Gasteiger charge is -2.29. The molecule has 3 N–H and O–H groups in total. The molecule has 158 valence electrons. The van der Waals surface area contributed by atoms with Gasteiger partial charge in [-0.2, -0.15) is 0 Å². The Morgan fingerprint density at radius 3 is 2.44 bits per heavy atom. The van der Waals surface area contributed by atoms with Crippen LogP contribution in [0, 0.1) is 6.92 Å². The van der Waals surface area contributed by atoms with Gasteiger partial charge in [0.25, 0.3) is 0 Å². The van der Waals surface area contributed by atoms with E-state index in [1.165, 1.54) is 11.1 Å². The highest BCUT2D eigenvalue weighted by Crippen LogP contribution is 2.45. The molecular weight excluding hydrogens is 394 g/mol. The molecule has 0 saturated carbocycles. The van der Waals surface area contributed by atoms with Crippen molar-refractivity contribution in [3.05, 3.63) is 107 Å². The number of benzene rings is 3. The molecule has 0 amide bonds. The van der Waals surface area contributed by atoms with Crippen LogP contribution in [0.5, 0.6) is 0 Å². The molecule has 3 aromatic carbocycles. The van der Waals surface area contributed by atoms with E-state index in [4.69, 9.17) is 0 Å². The summed E-state index contributed by atoms with van der Waals surface area (Å²) in [5, 5.41) is 8.46. The zero-order valence-corrected chi connectivity index (χ0v) is 18.0. The summed E-state index contributed by atoms with van der Waals surface area (Å²) in [6.45, 7) is 2.09. The molecule has 2 atom stereocenters. The van der Waals surface area contributed by atoms with Crippen molar-refractivity contribution in [1.29, 1.82) is 0 Å². The minimum atomic E-state index is -0.205. The number of aromatic amines is 1. The Balaban J connectivity index is 1.49. The summed E-state index contributed by atoms with van der Waals surface area (Å²) in [6, 6.07) is 24.9. The first-order valence-electron chi connectivity index (χ1n) is 11.2. The Morgan fingerprint density at radius 2 is 1.59 bits per heavy atom. The highest BCUT2D eigenvalue weighted by Gasteiger charge is 2.36. The molecule has 32 heavy (non-hydrogen) atoms. The maximum atomic E-state index is 13.7. The Kier molecular flexibility index (Phi) is 4.39. The normalized spacial score (nSPS) is 20.2. The van der Waals surface area contributed by atoms with Crippen LogP contribution in [0.4, 0.5) is 11.4 Å². The van der Waals surface area contributed by atoms with E-state index in [1.54, 1.807) is 0 Å². The molecule has 1 aromatic heterocycles. The van der Waals surface area contributed by atoms with E-state index in [9.17, 15) is 4.79 Å². The van der Waals surface area contributed by atoms with Crippen LogP contribution >= 0.6 is 0 Å². The monoisotopic (exact) mass is 419 g/mol. The van der Waals surface area contributed by atoms with Gasteiger partial charge in [-0.1, -0.05) is 60.2 Å². The van der Waals surface area contributed by atoms with E-state index < -0.39 is 0 Å². The van der Waals surface area contributed by atoms with Gasteiger partial charge < -0.3 is 15.6 Å². The quantitative estimate of drug-likeness (QED) is 0.350. The maximum absolute atomic E-state index is 13.7. The Morgan fingerprint density at radius 1 is 0.844 bits per heavy atom. The second-order valence-electron chi connectivity index (χ2n) is 8.87. The first-order valence-corrected chi connectivity index (χ1v) is 11.2. The molecule has 0 unspecified atom stereocenters. The summed E-state index contributed by atoms with van der Waals surface area (Å²) in [5.41, 5.74) is 8.56. The number of hydrogen-bond acceptors (Lipinski definition) is 3. The van der Waals surface area contributed by atoms with Crippen LogP contribution in [0.1, 0.15) is 41.5 Å². The number of nitrogens with one attached hydrogen (secondary N) is 3. The van der Waals surface area contributed by atoms with Crippen LogP contribution in [0.3, 0.4) is 0 Å². The second-order valence-corrected chi connectivity index (χ2v) is 8.87. The van der Waals surface area contributed by atoms with Crippen molar-refractivity contribution in [2.24, 2.45) is 0 Å². The minimum absolute atomic E-state index is 0.184. The molecule has 6 rings (SSSR count). The van der Waals surface area contributed by atoms with Crippen LogP contribution < -0.4 is 10.6 Å². The van der Waals surface area contributed by atoms with Gasteiger partial charge in [-0.3, -0.25) is 4.79 Å². The summed E-state index contributed by atoms with van der Waals surface area (Å²) in [7, 11) is 0. The predicted molar refractivity (Wildman–Crippen MR) is 130 cm³/mol. The van der Waals surface area contributed by atoms with Crippen molar-refractivity contribution in [3.8, 4) is 0 Å². The van der Waals surface area contributed by atoms with E-state index in [0.29, 0.717) is 6.42 Å². The van der Waals surface area contributed by atoms with E-state index >= 15 is 0 Å². The first kappa shape index (κ1) is 18.9. The second kappa shape index (κ2) is 7.41. The van der Waals surface area contributed by atoms with Crippen LogP contribution in [0.15, 0.2) is 90.3 Å². The number of aromatic nitrogens is 1. The van der Waals surface area contributed by atoms with Gasteiger partial charge in [-0.25, -0.2) is 0 Å². The first-order chi connectivity index (χ1) is 15.7. The third kappa shape index (κ3) is 3.11. The number of carbonyl (C=O) groups is 1. The molecule has 4 aromatic rings. The van der Waals surface area contributed by atoms with Crippen molar-refractivity contribution < 1.29 is 4.79 Å². The third-order valence-corrected chi connectivity index (χ3v) is 6.79. The van der Waals surface area contributed by atoms with Crippen molar-refractivity contribution in [3.63, 3.8) is 0 Å². The molecule has 0 radical (unpaired) electrons. The van der Waals surface area contributed by atoms with Gasteiger partial charge in [0, 0.05) is 40.4 Å². The highest BCUT2D eigenvalue weighted by atomic mass is 16.1. The largest absolute Gasteiger partial charge is 0.372 e. The molecule has 1 aliphatic carbocycles. The lowest BCUT2D eigenvalue weighted by Crippen LogP contribution is -2.26. The van der Waals surface area contributed by atoms with Gasteiger partial charge in [-0.15, -0.1) is 0 Å². The van der Waals surface area contributed by atoms with E-state index in [1.807, 2.05) is 30.5 Å². The van der Waals surface area contributed by atoms with Gasteiger partial charge in [0.05, 0.1) is 17.4 Å². The fraction of sp³-hybridized carbons (Fsp3) is 0.179. The average Bonchev–Trinajstić information content (AvgIpc) is 3.15. The molecule has 1 aliphatic heterocycles. The van der Waals surface area contributed by atoms with Crippen LogP contribution in [-0.2, 0) is 4.79 Å². The molecule has 4 nitrogen and oxygen atoms in total. The SMILES string of the molecule is Cc1ccc([C@H]2CC(=O)C3=C(C2)Nc2ccccc2N[C@@H]3c2c[nH]c3ccccc23)cc1. The van der Waals surface area contributed by atoms with Gasteiger partial charge in [0.15, 0.2) is 5.78 Å². The summed E-state index contributed by atoms with van der Waals surface area (Å²) >= 11 is 0. The summed E-state index contributed by atoms with van der Waals surface area (Å²) in [4.78, 5) is 17.1. The summed E-state index contributed by atoms with van der Waals surface area (Å²) < 4.78 is 0. The van der Waals surface area contributed by atoms with Crippen molar-refractivity contribution in [2.45, 2.75) is 31.7 Å². The topological polar surface area (TPSA) is 56.9 Å². The van der Waals surface area contributed by atoms with Crippen LogP contribution in [0.2, 0.25) is 0 Å². The van der Waals surface area contributed by atoms with Gasteiger partial charge in [0.2, 0.25) is 0 Å². The number of carbonyl (C=O) groups excluding carboxylic acids is 1. The molecular formula is C28H25N3O. The number of hydrogen-bond donors (Lipinski definition) is 3. The van der Waals surface area contributed by atoms with Gasteiger partial charge >= 0.3 is 0 Å². The van der Waals surface area contributed by atoms with E-state index in [0.717, 1.165) is 45.5 Å². The molecule has 2 aliphatic rings. The van der Waals surface area contributed by atoms with Crippen LogP contribution in [-0.4, -0.2) is 10.8 Å². The number of Topliss-reactive ketones (excluding diaryl/α,β-unsaturated/α-hetero) is 1. The van der Waals surface area contributed by atoms with E-state index in [-0.39, 0.29) is 17.7 Å². The fourth-order valence-electron chi connectivity index (χ4n) is 5.13. The molecule has 0 saturated heterocycles. The standard InChI is InChI=1S/C28H25N3O/c1-17-10-12-18(13-11-17)19-14-25-27(26(32)15-19)28(31-24-9-5-4-8-23(24)30-25)21-16-29-22-7-3-2-6-20(21)22/h2-13,16,19,28-31H,14-15H2,1H3/t19-,28-/m1/s1. The number of rotatable bonds is 2. The van der Waals surface area contributed by atoms with Crippen LogP contribution in [0.25, 0.3) is 10.9 Å². The van der Waals surface area contributed by atoms with Crippen molar-refractivity contribution in [2.75, 3.05) is 10.6 Å². The van der Waals surface area contributed by atoms with Crippen molar-refractivity contribution in [1.82, 2.24) is 4.98 Å². The number of fused-ring (bicyclic) bond motifs is 2. The maximum Gasteiger partial charge on any atom is 0.163 e. The number of ketones is 1. The molecule has 4 heteroatoms. The number of para-hydroxylation sites is 3. The number of aryl methyl sites for hydroxylation is 1. The Labute approximate surface area is 187 Å². The summed E-state index contributed by atoms with van der Waals surface area (Å²) in [6.07, 6.45) is 3.39. The molecule has 2 heterocycles. The molecule has 0 bridgehead atoms. The van der Waals surface area contributed by atoms with E-state index in [2.05, 4.69) is 71.1 Å². The lowest BCUT2D eigenvalue weighted by atomic mass is 9.78.